The van der Waals surface area contributed by atoms with Crippen molar-refractivity contribution in [3.05, 3.63) is 35.9 Å². The molecule has 0 radical (unpaired) electrons. The van der Waals surface area contributed by atoms with E-state index in [0.717, 1.165) is 24.5 Å². The summed E-state index contributed by atoms with van der Waals surface area (Å²) in [4.78, 5) is 11.9. The Morgan fingerprint density at radius 2 is 2.18 bits per heavy atom. The number of unbranched alkanes of at least 4 members (excludes halogenated alkanes) is 1. The number of hydrogen-bond donors (Lipinski definition) is 3. The number of rotatable bonds is 10. The van der Waals surface area contributed by atoms with Crippen LogP contribution in [0.5, 0.6) is 0 Å². The van der Waals surface area contributed by atoms with Gasteiger partial charge in [0.1, 0.15) is 5.57 Å². The number of amides is 1. The summed E-state index contributed by atoms with van der Waals surface area (Å²) in [5.41, 5.74) is 11.1. The lowest BCUT2D eigenvalue weighted by Crippen LogP contribution is -2.22. The van der Waals surface area contributed by atoms with Crippen molar-refractivity contribution >= 4 is 17.9 Å². The van der Waals surface area contributed by atoms with Gasteiger partial charge in [0.2, 0.25) is 0 Å². The van der Waals surface area contributed by atoms with Gasteiger partial charge in [-0.05, 0) is 37.5 Å². The third kappa shape index (κ3) is 6.93. The van der Waals surface area contributed by atoms with Gasteiger partial charge < -0.3 is 16.2 Å². The Bertz CT molecular complexity index is 429. The van der Waals surface area contributed by atoms with Crippen molar-refractivity contribution in [3.8, 4) is 0 Å². The summed E-state index contributed by atoms with van der Waals surface area (Å²) in [5, 5.41) is 0. The minimum absolute atomic E-state index is 0.0544. The molecule has 0 spiro atoms. The molecule has 5 N–H and O–H groups in total. The van der Waals surface area contributed by atoms with Crippen molar-refractivity contribution in [2.75, 3.05) is 12.9 Å². The molecule has 0 saturated heterocycles. The average molecular weight is 325 g/mol. The monoisotopic (exact) mass is 325 g/mol. The van der Waals surface area contributed by atoms with Gasteiger partial charge in [-0.15, -0.1) is 0 Å². The molecule has 1 fully saturated rings. The second kappa shape index (κ2) is 11.1. The number of hydrogen-bond acceptors (Lipinski definition) is 5. The summed E-state index contributed by atoms with van der Waals surface area (Å²) in [6, 6.07) is 0. The number of allylic oxidation sites excluding steroid dienone is 2. The van der Waals surface area contributed by atoms with Crippen LogP contribution in [0.4, 0.5) is 0 Å². The molecule has 1 aliphatic carbocycles. The van der Waals surface area contributed by atoms with Crippen LogP contribution in [0.2, 0.25) is 0 Å². The van der Waals surface area contributed by atoms with Gasteiger partial charge in [0.15, 0.2) is 5.88 Å². The first-order valence-corrected chi connectivity index (χ1v) is 8.66. The van der Waals surface area contributed by atoms with Crippen molar-refractivity contribution in [3.63, 3.8) is 0 Å². The molecular weight excluding hydrogens is 298 g/mol. The van der Waals surface area contributed by atoms with Crippen molar-refractivity contribution < 1.29 is 9.53 Å². The van der Waals surface area contributed by atoms with Crippen molar-refractivity contribution in [2.24, 2.45) is 17.4 Å². The first kappa shape index (κ1) is 18.5. The van der Waals surface area contributed by atoms with Gasteiger partial charge in [-0.3, -0.25) is 9.52 Å². The van der Waals surface area contributed by atoms with Gasteiger partial charge >= 0.3 is 0 Å². The minimum atomic E-state index is -0.299. The predicted octanol–water partition coefficient (Wildman–Crippen LogP) is 2.57. The Morgan fingerprint density at radius 3 is 2.77 bits per heavy atom. The molecule has 6 heteroatoms. The van der Waals surface area contributed by atoms with Crippen LogP contribution in [0.25, 0.3) is 0 Å². The van der Waals surface area contributed by atoms with E-state index in [1.807, 2.05) is 0 Å². The van der Waals surface area contributed by atoms with Crippen LogP contribution >= 0.6 is 11.9 Å². The van der Waals surface area contributed by atoms with Gasteiger partial charge in [0, 0.05) is 5.75 Å². The van der Waals surface area contributed by atoms with Gasteiger partial charge in [0.25, 0.3) is 5.91 Å². The number of ether oxygens (including phenoxy) is 1. The van der Waals surface area contributed by atoms with Crippen LogP contribution in [-0.4, -0.2) is 18.8 Å². The molecule has 0 unspecified atom stereocenters. The lowest BCUT2D eigenvalue weighted by molar-refractivity contribution is -0.115. The van der Waals surface area contributed by atoms with Gasteiger partial charge in [-0.2, -0.15) is 0 Å². The van der Waals surface area contributed by atoms with Crippen LogP contribution in [0, 0.1) is 5.92 Å². The highest BCUT2D eigenvalue weighted by molar-refractivity contribution is 7.97. The van der Waals surface area contributed by atoms with Crippen molar-refractivity contribution in [2.45, 2.75) is 38.5 Å². The standard InChI is InChI=1S/C16H27N3O2S/c1-21-15(18)14(10-11-17)16(20)19-22-12-5-3-2-4-7-13-8-6-9-13/h2,4,10-11,13H,3,5-9,12,17-18H2,1H3,(H,19,20)/b4-2+,11-10-,15-14-. The molecule has 0 bridgehead atoms. The first-order valence-electron chi connectivity index (χ1n) is 7.68. The summed E-state index contributed by atoms with van der Waals surface area (Å²) in [6.45, 7) is 0. The fraction of sp³-hybridized carbons (Fsp3) is 0.562. The summed E-state index contributed by atoms with van der Waals surface area (Å²) in [6.07, 6.45) is 14.7. The Kier molecular flexibility index (Phi) is 9.30. The smallest absolute Gasteiger partial charge is 0.266 e. The zero-order valence-electron chi connectivity index (χ0n) is 13.2. The molecule has 0 aliphatic heterocycles. The topological polar surface area (TPSA) is 90.4 Å². The Morgan fingerprint density at radius 1 is 1.41 bits per heavy atom. The molecule has 0 aromatic heterocycles. The highest BCUT2D eigenvalue weighted by Gasteiger charge is 2.14. The largest absolute Gasteiger partial charge is 0.482 e. The predicted molar refractivity (Wildman–Crippen MR) is 92.5 cm³/mol. The van der Waals surface area contributed by atoms with E-state index in [9.17, 15) is 4.79 Å². The summed E-state index contributed by atoms with van der Waals surface area (Å²) in [5.74, 6) is 1.54. The highest BCUT2D eigenvalue weighted by Crippen LogP contribution is 2.29. The van der Waals surface area contributed by atoms with E-state index in [-0.39, 0.29) is 17.4 Å². The average Bonchev–Trinajstić information content (AvgIpc) is 2.48. The Hall–Kier alpha value is -1.56. The van der Waals surface area contributed by atoms with E-state index in [4.69, 9.17) is 16.2 Å². The van der Waals surface area contributed by atoms with E-state index in [1.165, 1.54) is 57.0 Å². The van der Waals surface area contributed by atoms with E-state index in [2.05, 4.69) is 16.9 Å². The fourth-order valence-electron chi connectivity index (χ4n) is 2.06. The van der Waals surface area contributed by atoms with Gasteiger partial charge in [0.05, 0.1) is 7.11 Å². The minimum Gasteiger partial charge on any atom is -0.482 e. The Labute approximate surface area is 137 Å². The maximum absolute atomic E-state index is 11.9. The second-order valence-electron chi connectivity index (χ2n) is 5.27. The molecule has 0 aromatic rings. The molecule has 5 nitrogen and oxygen atoms in total. The highest BCUT2D eigenvalue weighted by atomic mass is 32.2. The van der Waals surface area contributed by atoms with E-state index < -0.39 is 0 Å². The lowest BCUT2D eigenvalue weighted by Gasteiger charge is -2.23. The van der Waals surface area contributed by atoms with E-state index in [1.54, 1.807) is 0 Å². The lowest BCUT2D eigenvalue weighted by atomic mass is 9.83. The second-order valence-corrected chi connectivity index (χ2v) is 6.17. The molecule has 0 aromatic carbocycles. The maximum atomic E-state index is 11.9. The molecule has 1 rings (SSSR count). The molecule has 0 atom stereocenters. The van der Waals surface area contributed by atoms with Gasteiger partial charge in [-0.1, -0.05) is 43.4 Å². The first-order chi connectivity index (χ1) is 10.7. The molecule has 0 heterocycles. The summed E-state index contributed by atoms with van der Waals surface area (Å²) < 4.78 is 7.60. The zero-order valence-corrected chi connectivity index (χ0v) is 14.0. The van der Waals surface area contributed by atoms with E-state index >= 15 is 0 Å². The van der Waals surface area contributed by atoms with Crippen LogP contribution in [-0.2, 0) is 9.53 Å². The normalized spacial score (nSPS) is 16.6. The quantitative estimate of drug-likeness (QED) is 0.143. The third-order valence-corrected chi connectivity index (χ3v) is 4.46. The fourth-order valence-corrected chi connectivity index (χ4v) is 2.71. The number of carbonyl (C=O) groups excluding carboxylic acids is 1. The van der Waals surface area contributed by atoms with Crippen molar-refractivity contribution in [1.82, 2.24) is 4.72 Å². The Balaban J connectivity index is 2.13. The van der Waals surface area contributed by atoms with Crippen LogP contribution in [0.15, 0.2) is 35.9 Å². The summed E-state index contributed by atoms with van der Waals surface area (Å²) in [7, 11) is 1.41. The molecule has 1 saturated carbocycles. The third-order valence-electron chi connectivity index (χ3n) is 3.64. The molecule has 1 aliphatic rings. The molecule has 1 amide bonds. The number of carbonyl (C=O) groups is 1. The van der Waals surface area contributed by atoms with Crippen LogP contribution in [0.3, 0.4) is 0 Å². The molecular formula is C16H27N3O2S. The maximum Gasteiger partial charge on any atom is 0.266 e. The number of nitrogens with two attached hydrogens (primary N) is 2. The van der Waals surface area contributed by atoms with E-state index in [0.29, 0.717) is 0 Å². The zero-order chi connectivity index (χ0) is 16.2. The van der Waals surface area contributed by atoms with Crippen LogP contribution < -0.4 is 16.2 Å². The molecule has 22 heavy (non-hydrogen) atoms. The SMILES string of the molecule is CO/C(N)=C(/C=C\N)C(=O)NSCCC/C=C/CC1CCC1. The number of nitrogens with one attached hydrogen (secondary N) is 1. The number of methoxy groups -OCH3 is 1. The van der Waals surface area contributed by atoms with Gasteiger partial charge in [-0.25, -0.2) is 0 Å². The van der Waals surface area contributed by atoms with Crippen LogP contribution in [0.1, 0.15) is 38.5 Å². The molecule has 124 valence electrons. The summed E-state index contributed by atoms with van der Waals surface area (Å²) >= 11 is 1.37. The van der Waals surface area contributed by atoms with Crippen molar-refractivity contribution in [1.29, 1.82) is 0 Å².